The Bertz CT molecular complexity index is 1190. The minimum absolute atomic E-state index is 0.0445. The average Bonchev–Trinajstić information content (AvgIpc) is 3.72. The van der Waals surface area contributed by atoms with E-state index in [4.69, 9.17) is 9.47 Å². The first-order valence-electron chi connectivity index (χ1n) is 12.9. The standard InChI is InChI=1S/C29H32FN3O4/c30-22-12-10-21(11-13-22)27(28(34)31-18-23-8-4-16-36-23)33(19-24-9-5-17-37-24)29(35)26-15-14-25(32-26)20-6-2-1-3-7-20/h1-3,6-7,10-15,23-24,27,32H,4-5,8-9,16-19H2,(H,31,34)/t23-,24-,27-/m0/s1. The predicted molar refractivity (Wildman–Crippen MR) is 137 cm³/mol. The van der Waals surface area contributed by atoms with E-state index >= 15 is 0 Å². The predicted octanol–water partition coefficient (Wildman–Crippen LogP) is 4.48. The van der Waals surface area contributed by atoms with E-state index in [1.165, 1.54) is 12.1 Å². The van der Waals surface area contributed by atoms with Crippen molar-refractivity contribution in [3.8, 4) is 11.3 Å². The lowest BCUT2D eigenvalue weighted by Gasteiger charge is -2.33. The number of amides is 2. The largest absolute Gasteiger partial charge is 0.376 e. The van der Waals surface area contributed by atoms with Crippen LogP contribution in [0.5, 0.6) is 0 Å². The molecule has 3 heterocycles. The number of halogens is 1. The molecule has 2 fully saturated rings. The zero-order valence-electron chi connectivity index (χ0n) is 20.7. The summed E-state index contributed by atoms with van der Waals surface area (Å²) in [5, 5.41) is 2.98. The average molecular weight is 506 g/mol. The lowest BCUT2D eigenvalue weighted by molar-refractivity contribution is -0.126. The maximum absolute atomic E-state index is 14.0. The summed E-state index contributed by atoms with van der Waals surface area (Å²) in [5.74, 6) is -1.06. The van der Waals surface area contributed by atoms with Gasteiger partial charge in [0.1, 0.15) is 17.6 Å². The van der Waals surface area contributed by atoms with Gasteiger partial charge in [0.2, 0.25) is 5.91 Å². The summed E-state index contributed by atoms with van der Waals surface area (Å²) in [4.78, 5) is 32.4. The van der Waals surface area contributed by atoms with Gasteiger partial charge in [0.15, 0.2) is 0 Å². The Hall–Kier alpha value is -3.49. The minimum atomic E-state index is -0.956. The summed E-state index contributed by atoms with van der Waals surface area (Å²) in [6.45, 7) is 1.91. The third kappa shape index (κ3) is 6.09. The monoisotopic (exact) mass is 505 g/mol. The van der Waals surface area contributed by atoms with Gasteiger partial charge in [-0.2, -0.15) is 0 Å². The normalized spacial score (nSPS) is 20.0. The fourth-order valence-corrected chi connectivity index (χ4v) is 5.01. The number of rotatable bonds is 9. The van der Waals surface area contributed by atoms with Crippen molar-refractivity contribution < 1.29 is 23.5 Å². The van der Waals surface area contributed by atoms with Gasteiger partial charge in [-0.05, 0) is 61.1 Å². The van der Waals surface area contributed by atoms with Gasteiger partial charge in [-0.25, -0.2) is 4.39 Å². The molecule has 0 bridgehead atoms. The molecule has 2 saturated heterocycles. The smallest absolute Gasteiger partial charge is 0.271 e. The molecule has 3 atom stereocenters. The van der Waals surface area contributed by atoms with Gasteiger partial charge in [-0.1, -0.05) is 42.5 Å². The van der Waals surface area contributed by atoms with Crippen LogP contribution in [-0.4, -0.2) is 60.2 Å². The molecule has 2 aromatic carbocycles. The number of carbonyl (C=O) groups is 2. The van der Waals surface area contributed by atoms with Crippen molar-refractivity contribution in [1.82, 2.24) is 15.2 Å². The van der Waals surface area contributed by atoms with E-state index in [9.17, 15) is 14.0 Å². The molecule has 2 amide bonds. The van der Waals surface area contributed by atoms with Crippen LogP contribution in [0.4, 0.5) is 4.39 Å². The zero-order valence-corrected chi connectivity index (χ0v) is 20.7. The van der Waals surface area contributed by atoms with E-state index < -0.39 is 11.9 Å². The lowest BCUT2D eigenvalue weighted by atomic mass is 10.0. The van der Waals surface area contributed by atoms with E-state index in [2.05, 4.69) is 10.3 Å². The van der Waals surface area contributed by atoms with Crippen molar-refractivity contribution in [1.29, 1.82) is 0 Å². The minimum Gasteiger partial charge on any atom is -0.376 e. The Morgan fingerprint density at radius 3 is 2.32 bits per heavy atom. The molecule has 3 aromatic rings. The van der Waals surface area contributed by atoms with Gasteiger partial charge in [0, 0.05) is 32.0 Å². The van der Waals surface area contributed by atoms with Crippen molar-refractivity contribution in [2.75, 3.05) is 26.3 Å². The van der Waals surface area contributed by atoms with Crippen LogP contribution in [0, 0.1) is 5.82 Å². The van der Waals surface area contributed by atoms with Crippen LogP contribution in [-0.2, 0) is 14.3 Å². The van der Waals surface area contributed by atoms with Crippen LogP contribution in [0.1, 0.15) is 47.8 Å². The Kier molecular flexibility index (Phi) is 7.96. The molecule has 2 aliphatic heterocycles. The number of aromatic amines is 1. The van der Waals surface area contributed by atoms with Crippen LogP contribution in [0.2, 0.25) is 0 Å². The zero-order chi connectivity index (χ0) is 25.6. The van der Waals surface area contributed by atoms with Gasteiger partial charge in [-0.3, -0.25) is 9.59 Å². The molecule has 0 unspecified atom stereocenters. The lowest BCUT2D eigenvalue weighted by Crippen LogP contribution is -2.48. The summed E-state index contributed by atoms with van der Waals surface area (Å²) in [6.07, 6.45) is 3.32. The molecule has 0 saturated carbocycles. The van der Waals surface area contributed by atoms with Crippen molar-refractivity contribution in [3.63, 3.8) is 0 Å². The first kappa shape index (κ1) is 25.2. The van der Waals surface area contributed by atoms with Crippen molar-refractivity contribution in [3.05, 3.63) is 83.8 Å². The molecule has 5 rings (SSSR count). The molecule has 8 heteroatoms. The second kappa shape index (κ2) is 11.7. The second-order valence-electron chi connectivity index (χ2n) is 9.58. The van der Waals surface area contributed by atoms with E-state index in [1.807, 2.05) is 36.4 Å². The highest BCUT2D eigenvalue weighted by molar-refractivity contribution is 5.97. The van der Waals surface area contributed by atoms with Crippen LogP contribution >= 0.6 is 0 Å². The summed E-state index contributed by atoms with van der Waals surface area (Å²) in [6, 6.07) is 18.1. The summed E-state index contributed by atoms with van der Waals surface area (Å²) in [5.41, 5.74) is 2.67. The van der Waals surface area contributed by atoms with E-state index in [0.29, 0.717) is 31.0 Å². The number of nitrogens with zero attached hydrogens (tertiary/aromatic N) is 1. The molecule has 37 heavy (non-hydrogen) atoms. The van der Waals surface area contributed by atoms with Crippen molar-refractivity contribution in [2.45, 2.75) is 43.9 Å². The number of benzene rings is 2. The molecule has 0 aliphatic carbocycles. The van der Waals surface area contributed by atoms with E-state index in [1.54, 1.807) is 23.1 Å². The van der Waals surface area contributed by atoms with Crippen LogP contribution in [0.3, 0.4) is 0 Å². The Morgan fingerprint density at radius 1 is 0.946 bits per heavy atom. The number of nitrogens with one attached hydrogen (secondary N) is 2. The number of H-pyrrole nitrogens is 1. The first-order valence-corrected chi connectivity index (χ1v) is 12.9. The van der Waals surface area contributed by atoms with Crippen LogP contribution in [0.15, 0.2) is 66.7 Å². The number of carbonyl (C=O) groups excluding carboxylic acids is 2. The quantitative estimate of drug-likeness (QED) is 0.449. The van der Waals surface area contributed by atoms with Crippen molar-refractivity contribution >= 4 is 11.8 Å². The number of aromatic nitrogens is 1. The number of hydrogen-bond donors (Lipinski definition) is 2. The maximum atomic E-state index is 14.0. The molecule has 7 nitrogen and oxygen atoms in total. The van der Waals surface area contributed by atoms with Gasteiger partial charge < -0.3 is 24.7 Å². The summed E-state index contributed by atoms with van der Waals surface area (Å²) < 4.78 is 25.3. The van der Waals surface area contributed by atoms with Gasteiger partial charge >= 0.3 is 0 Å². The molecular weight excluding hydrogens is 473 g/mol. The fourth-order valence-electron chi connectivity index (χ4n) is 5.01. The second-order valence-corrected chi connectivity index (χ2v) is 9.58. The SMILES string of the molecule is O=C(NC[C@@H]1CCCO1)[C@H](c1ccc(F)cc1)N(C[C@@H]1CCCO1)C(=O)c1ccc(-c2ccccc2)[nH]1. The molecule has 2 N–H and O–H groups in total. The molecule has 2 aliphatic rings. The Labute approximate surface area is 216 Å². The highest BCUT2D eigenvalue weighted by Crippen LogP contribution is 2.28. The summed E-state index contributed by atoms with van der Waals surface area (Å²) in [7, 11) is 0. The first-order chi connectivity index (χ1) is 18.1. The maximum Gasteiger partial charge on any atom is 0.271 e. The fraction of sp³-hybridized carbons (Fsp3) is 0.379. The molecule has 1 aromatic heterocycles. The van der Waals surface area contributed by atoms with E-state index in [0.717, 1.165) is 36.9 Å². The highest BCUT2D eigenvalue weighted by Gasteiger charge is 2.35. The van der Waals surface area contributed by atoms with Crippen molar-refractivity contribution in [2.24, 2.45) is 0 Å². The Balaban J connectivity index is 1.46. The molecule has 0 spiro atoms. The summed E-state index contributed by atoms with van der Waals surface area (Å²) >= 11 is 0. The number of hydrogen-bond acceptors (Lipinski definition) is 4. The number of ether oxygens (including phenoxy) is 2. The third-order valence-electron chi connectivity index (χ3n) is 6.96. The molecular formula is C29H32FN3O4. The van der Waals surface area contributed by atoms with Gasteiger partial charge in [-0.15, -0.1) is 0 Å². The van der Waals surface area contributed by atoms with Crippen LogP contribution < -0.4 is 5.32 Å². The van der Waals surface area contributed by atoms with E-state index in [-0.39, 0.29) is 30.6 Å². The third-order valence-corrected chi connectivity index (χ3v) is 6.96. The van der Waals surface area contributed by atoms with Gasteiger partial charge in [0.25, 0.3) is 5.91 Å². The topological polar surface area (TPSA) is 83.7 Å². The highest BCUT2D eigenvalue weighted by atomic mass is 19.1. The van der Waals surface area contributed by atoms with Gasteiger partial charge in [0.05, 0.1) is 12.2 Å². The molecule has 0 radical (unpaired) electrons. The molecule has 194 valence electrons. The van der Waals surface area contributed by atoms with Crippen LogP contribution in [0.25, 0.3) is 11.3 Å². The Morgan fingerprint density at radius 2 is 1.65 bits per heavy atom.